The van der Waals surface area contributed by atoms with E-state index in [1.807, 2.05) is 10.9 Å². The smallest absolute Gasteiger partial charge is 0.426 e. The van der Waals surface area contributed by atoms with E-state index >= 15 is 0 Å². The van der Waals surface area contributed by atoms with Gasteiger partial charge >= 0.3 is 12.1 Å². The number of nitrogens with zero attached hydrogens (tertiary/aromatic N) is 1. The van der Waals surface area contributed by atoms with Gasteiger partial charge in [0.2, 0.25) is 5.91 Å². The van der Waals surface area contributed by atoms with Gasteiger partial charge in [0.25, 0.3) is 5.91 Å². The number of amides is 3. The molecule has 15 heteroatoms. The first-order valence-corrected chi connectivity index (χ1v) is 10.3. The van der Waals surface area contributed by atoms with Crippen LogP contribution in [-0.4, -0.2) is 76.3 Å². The second-order valence-corrected chi connectivity index (χ2v) is 8.93. The largest absolute Gasteiger partial charge is 0.772 e. The molecule has 3 amide bonds. The lowest BCUT2D eigenvalue weighted by Crippen LogP contribution is -2.68. The number of ether oxygens (including phenoxy) is 1. The summed E-state index contributed by atoms with van der Waals surface area (Å²) in [5.74, 6) is -4.47. The Morgan fingerprint density at radius 2 is 2.00 bits per heavy atom. The zero-order valence-electron chi connectivity index (χ0n) is 16.7. The summed E-state index contributed by atoms with van der Waals surface area (Å²) in [6, 6.07) is -0.474. The third-order valence-electron chi connectivity index (χ3n) is 4.78. The predicted molar refractivity (Wildman–Crippen MR) is 106 cm³/mol. The Hall–Kier alpha value is -3.10. The van der Waals surface area contributed by atoms with Crippen molar-refractivity contribution in [3.63, 3.8) is 0 Å². The topological polar surface area (TPSA) is 206 Å². The molecule has 0 aliphatic carbocycles. The number of hydrogen-bond donors (Lipinski definition) is 5. The van der Waals surface area contributed by atoms with E-state index in [2.05, 4.69) is 0 Å². The van der Waals surface area contributed by atoms with Crippen LogP contribution in [0.15, 0.2) is 12.1 Å². The molecule has 32 heavy (non-hydrogen) atoms. The van der Waals surface area contributed by atoms with Crippen molar-refractivity contribution in [3.8, 4) is 11.5 Å². The minimum atomic E-state index is -3.09. The first kappa shape index (κ1) is 25.2. The molecule has 1 heterocycles. The van der Waals surface area contributed by atoms with Gasteiger partial charge in [0.1, 0.15) is 12.6 Å². The van der Waals surface area contributed by atoms with E-state index in [9.17, 15) is 43.3 Å². The zero-order chi connectivity index (χ0) is 24.4. The second kappa shape index (κ2) is 9.58. The lowest BCUT2D eigenvalue weighted by Gasteiger charge is -2.49. The van der Waals surface area contributed by atoms with Crippen molar-refractivity contribution in [1.29, 1.82) is 0 Å². The Morgan fingerprint density at radius 1 is 1.38 bits per heavy atom. The molecule has 0 bridgehead atoms. The number of carboxylic acids is 1. The average Bonchev–Trinajstić information content (AvgIpc) is 2.71. The number of phenols is 2. The quantitative estimate of drug-likeness (QED) is 0.147. The van der Waals surface area contributed by atoms with Crippen LogP contribution in [0.1, 0.15) is 30.6 Å². The summed E-state index contributed by atoms with van der Waals surface area (Å²) in [6.45, 7) is 1.59. The van der Waals surface area contributed by atoms with Crippen LogP contribution < -0.4 is 10.9 Å². The monoisotopic (exact) mass is 492 g/mol. The second-order valence-electron chi connectivity index (χ2n) is 7.12. The number of carbonyl (C=O) groups is 4. The molecule has 0 aromatic heterocycles. The van der Waals surface area contributed by atoms with Gasteiger partial charge in [0.15, 0.2) is 11.5 Å². The van der Waals surface area contributed by atoms with E-state index < -0.39 is 69.9 Å². The number of hydrazine groups is 1. The highest BCUT2D eigenvalue weighted by atomic mass is 35.5. The van der Waals surface area contributed by atoms with Crippen molar-refractivity contribution in [2.45, 2.75) is 37.1 Å². The number of carbonyl (C=O) groups excluding carboxylic acids is 3. The Bertz CT molecular complexity index is 966. The minimum absolute atomic E-state index is 0.0511. The molecule has 2 rings (SSSR count). The number of nitrogens with one attached hydrogen (secondary N) is 2. The number of benzene rings is 1. The maximum Gasteiger partial charge on any atom is 0.426 e. The molecule has 1 saturated heterocycles. The number of hydrogen-bond acceptors (Lipinski definition) is 9. The molecule has 0 spiro atoms. The van der Waals surface area contributed by atoms with E-state index in [0.29, 0.717) is 0 Å². The third kappa shape index (κ3) is 5.03. The number of aliphatic carboxylic acids is 1. The average molecular weight is 493 g/mol. The summed E-state index contributed by atoms with van der Waals surface area (Å²) in [6.07, 6.45) is -1.29. The van der Waals surface area contributed by atoms with Crippen molar-refractivity contribution in [2.75, 3.05) is 6.61 Å². The molecular weight excluding hydrogens is 474 g/mol. The van der Waals surface area contributed by atoms with Gasteiger partial charge in [-0.2, -0.15) is 0 Å². The van der Waals surface area contributed by atoms with Crippen LogP contribution in [0.2, 0.25) is 5.02 Å². The first-order valence-electron chi connectivity index (χ1n) is 8.87. The number of phenolic OH excluding ortho intramolecular Hbond substituents is 2. The molecule has 1 aromatic carbocycles. The van der Waals surface area contributed by atoms with Gasteiger partial charge in [-0.25, -0.2) is 15.0 Å². The normalized spacial score (nSPS) is 19.2. The summed E-state index contributed by atoms with van der Waals surface area (Å²) in [5, 5.41) is 28.1. The van der Waals surface area contributed by atoms with Gasteiger partial charge in [-0.05, 0) is 37.1 Å². The fourth-order valence-corrected chi connectivity index (χ4v) is 3.79. The van der Waals surface area contributed by atoms with Crippen molar-refractivity contribution in [3.05, 3.63) is 22.7 Å². The highest BCUT2D eigenvalue weighted by molar-refractivity contribution is 7.80. The van der Waals surface area contributed by atoms with Gasteiger partial charge in [-0.1, -0.05) is 11.6 Å². The number of halogens is 1. The van der Waals surface area contributed by atoms with Gasteiger partial charge in [0.05, 0.1) is 9.77 Å². The van der Waals surface area contributed by atoms with E-state index in [1.54, 1.807) is 6.92 Å². The SMILES string of the molecule is C[C@@H]1CC(=O)N1[C@@H](C(=O)O)[C@](C)(COC(=O)NNC(=O)c1cc(O)c(O)c(Cl)c1)S(=O)[O-]. The Kier molecular flexibility index (Phi) is 7.54. The third-order valence-corrected chi connectivity index (χ3v) is 6.17. The standard InChI is InChI=1S/C17H20ClN3O10S/c1-7-3-11(23)21(7)13(15(26)27)17(2,32(29)30)6-31-16(28)20-19-14(25)8-4-9(18)12(24)10(22)5-8/h4-5,7,13,22,24H,3,6H2,1-2H3,(H,19,25)(H,20,28)(H,26,27)(H,29,30)/p-1/t7-,13+,17+/m1/s1. The molecule has 1 aromatic rings. The molecule has 4 atom stereocenters. The molecule has 5 N–H and O–H groups in total. The maximum atomic E-state index is 12.0. The molecule has 1 unspecified atom stereocenters. The maximum absolute atomic E-state index is 12.0. The van der Waals surface area contributed by atoms with Crippen molar-refractivity contribution in [2.24, 2.45) is 0 Å². The Morgan fingerprint density at radius 3 is 2.47 bits per heavy atom. The summed E-state index contributed by atoms with van der Waals surface area (Å²) in [4.78, 5) is 48.4. The molecular formula is C17H19ClN3O10S-. The van der Waals surface area contributed by atoms with Gasteiger partial charge in [0, 0.05) is 18.0 Å². The summed E-state index contributed by atoms with van der Waals surface area (Å²) in [7, 11) is 0. The van der Waals surface area contributed by atoms with Crippen LogP contribution in [0.3, 0.4) is 0 Å². The zero-order valence-corrected chi connectivity index (χ0v) is 18.2. The molecule has 0 radical (unpaired) electrons. The number of aromatic hydroxyl groups is 2. The number of β-lactam (4-membered cyclic amide) rings is 1. The van der Waals surface area contributed by atoms with Crippen LogP contribution in [0.5, 0.6) is 11.5 Å². The van der Waals surface area contributed by atoms with Crippen LogP contribution in [0.4, 0.5) is 4.79 Å². The Balaban J connectivity index is 2.05. The van der Waals surface area contributed by atoms with Crippen LogP contribution >= 0.6 is 11.6 Å². The fourth-order valence-electron chi connectivity index (χ4n) is 3.02. The molecule has 176 valence electrons. The van der Waals surface area contributed by atoms with Crippen LogP contribution in [0.25, 0.3) is 0 Å². The summed E-state index contributed by atoms with van der Waals surface area (Å²) < 4.78 is 26.2. The lowest BCUT2D eigenvalue weighted by molar-refractivity contribution is -0.163. The predicted octanol–water partition coefficient (Wildman–Crippen LogP) is -0.166. The number of rotatable bonds is 7. The van der Waals surface area contributed by atoms with E-state index in [4.69, 9.17) is 16.3 Å². The van der Waals surface area contributed by atoms with E-state index in [1.165, 1.54) is 0 Å². The van der Waals surface area contributed by atoms with Gasteiger partial charge in [-0.15, -0.1) is 0 Å². The molecule has 1 fully saturated rings. The van der Waals surface area contributed by atoms with E-state index in [0.717, 1.165) is 24.0 Å². The lowest BCUT2D eigenvalue weighted by atomic mass is 9.92. The molecule has 13 nitrogen and oxygen atoms in total. The summed E-state index contributed by atoms with van der Waals surface area (Å²) >= 11 is 2.55. The van der Waals surface area contributed by atoms with Crippen molar-refractivity contribution in [1.82, 2.24) is 15.8 Å². The first-order chi connectivity index (χ1) is 14.8. The van der Waals surface area contributed by atoms with E-state index in [-0.39, 0.29) is 17.0 Å². The van der Waals surface area contributed by atoms with Crippen LogP contribution in [0, 0.1) is 0 Å². The van der Waals surface area contributed by atoms with Crippen molar-refractivity contribution >= 4 is 46.6 Å². The molecule has 0 saturated carbocycles. The Labute approximate surface area is 188 Å². The highest BCUT2D eigenvalue weighted by Crippen LogP contribution is 2.34. The summed E-state index contributed by atoms with van der Waals surface area (Å²) in [5.41, 5.74) is 3.47. The minimum Gasteiger partial charge on any atom is -0.772 e. The van der Waals surface area contributed by atoms with Gasteiger partial charge in [-0.3, -0.25) is 19.2 Å². The number of likely N-dealkylation sites (tertiary alicyclic amines) is 1. The fraction of sp³-hybridized carbons (Fsp3) is 0.412. The number of carboxylic acid groups (broad SMARTS) is 1. The van der Waals surface area contributed by atoms with Crippen molar-refractivity contribution < 1.29 is 48.0 Å². The molecule has 1 aliphatic rings. The molecule has 1 aliphatic heterocycles. The van der Waals surface area contributed by atoms with Gasteiger partial charge < -0.3 is 29.5 Å². The highest BCUT2D eigenvalue weighted by Gasteiger charge is 2.52. The van der Waals surface area contributed by atoms with Crippen LogP contribution in [-0.2, 0) is 25.4 Å².